The number of guanidine groups is 1. The van der Waals surface area contributed by atoms with Gasteiger partial charge in [0.1, 0.15) is 0 Å². The number of nitrogens with zero attached hydrogens (tertiary/aromatic N) is 1. The zero-order valence-corrected chi connectivity index (χ0v) is 12.1. The van der Waals surface area contributed by atoms with E-state index in [4.69, 9.17) is 5.73 Å². The number of rotatable bonds is 3. The molecule has 0 aliphatic rings. The molecule has 1 aromatic rings. The van der Waals surface area contributed by atoms with Gasteiger partial charge in [-0.15, -0.1) is 0 Å². The molecule has 0 amide bonds. The van der Waals surface area contributed by atoms with Crippen LogP contribution in [0.5, 0.6) is 0 Å². The van der Waals surface area contributed by atoms with Gasteiger partial charge < -0.3 is 11.1 Å². The molecule has 3 heteroatoms. The molecular formula is C15H25N3. The molecular weight excluding hydrogens is 222 g/mol. The Kier molecular flexibility index (Phi) is 4.76. The molecule has 0 aliphatic heterocycles. The van der Waals surface area contributed by atoms with Gasteiger partial charge in [0.15, 0.2) is 5.96 Å². The molecule has 0 aliphatic carbocycles. The Bertz CT molecular complexity index is 414. The predicted molar refractivity (Wildman–Crippen MR) is 80.1 cm³/mol. The van der Waals surface area contributed by atoms with E-state index in [0.717, 1.165) is 12.2 Å². The van der Waals surface area contributed by atoms with Crippen molar-refractivity contribution in [1.29, 1.82) is 0 Å². The van der Waals surface area contributed by atoms with Crippen LogP contribution in [0, 0.1) is 5.92 Å². The average Bonchev–Trinajstić information content (AvgIpc) is 2.25. The van der Waals surface area contributed by atoms with Crippen LogP contribution >= 0.6 is 0 Å². The van der Waals surface area contributed by atoms with Crippen molar-refractivity contribution < 1.29 is 0 Å². The Morgan fingerprint density at radius 1 is 1.28 bits per heavy atom. The Labute approximate surface area is 111 Å². The van der Waals surface area contributed by atoms with Gasteiger partial charge in [0.25, 0.3) is 0 Å². The van der Waals surface area contributed by atoms with Crippen molar-refractivity contribution in [2.24, 2.45) is 16.6 Å². The van der Waals surface area contributed by atoms with Crippen molar-refractivity contribution in [2.45, 2.75) is 40.0 Å². The lowest BCUT2D eigenvalue weighted by Crippen LogP contribution is -2.25. The van der Waals surface area contributed by atoms with Gasteiger partial charge in [0.05, 0.1) is 0 Å². The quantitative estimate of drug-likeness (QED) is 0.635. The minimum atomic E-state index is 0.0852. The monoisotopic (exact) mass is 247 g/mol. The van der Waals surface area contributed by atoms with Crippen molar-refractivity contribution in [1.82, 2.24) is 0 Å². The van der Waals surface area contributed by atoms with Gasteiger partial charge in [0, 0.05) is 12.2 Å². The number of aliphatic imine (C=N–C) groups is 1. The molecule has 18 heavy (non-hydrogen) atoms. The highest BCUT2D eigenvalue weighted by molar-refractivity contribution is 5.93. The van der Waals surface area contributed by atoms with E-state index in [1.54, 1.807) is 0 Å². The molecule has 0 heterocycles. The number of hydrogen-bond acceptors (Lipinski definition) is 1. The SMILES string of the molecule is CC(C)CN=C(N)Nc1ccccc1C(C)(C)C. The first-order chi connectivity index (χ1) is 8.30. The number of nitrogens with two attached hydrogens (primary N) is 1. The summed E-state index contributed by atoms with van der Waals surface area (Å²) in [6, 6.07) is 8.22. The summed E-state index contributed by atoms with van der Waals surface area (Å²) in [7, 11) is 0. The third-order valence-electron chi connectivity index (χ3n) is 2.62. The van der Waals surface area contributed by atoms with Gasteiger partial charge in [-0.05, 0) is 23.0 Å². The van der Waals surface area contributed by atoms with Crippen molar-refractivity contribution >= 4 is 11.6 Å². The van der Waals surface area contributed by atoms with Gasteiger partial charge in [-0.25, -0.2) is 0 Å². The third-order valence-corrected chi connectivity index (χ3v) is 2.62. The molecule has 0 atom stereocenters. The molecule has 0 aromatic heterocycles. The number of benzene rings is 1. The van der Waals surface area contributed by atoms with E-state index in [0.29, 0.717) is 11.9 Å². The number of nitrogens with one attached hydrogen (secondary N) is 1. The largest absolute Gasteiger partial charge is 0.370 e. The molecule has 0 radical (unpaired) electrons. The van der Waals surface area contributed by atoms with E-state index in [1.165, 1.54) is 5.56 Å². The van der Waals surface area contributed by atoms with E-state index >= 15 is 0 Å². The van der Waals surface area contributed by atoms with Crippen molar-refractivity contribution in [3.63, 3.8) is 0 Å². The molecule has 3 nitrogen and oxygen atoms in total. The summed E-state index contributed by atoms with van der Waals surface area (Å²) in [6.45, 7) is 11.6. The minimum absolute atomic E-state index is 0.0852. The van der Waals surface area contributed by atoms with Gasteiger partial charge in [0.2, 0.25) is 0 Å². The van der Waals surface area contributed by atoms with Crippen LogP contribution in [0.2, 0.25) is 0 Å². The van der Waals surface area contributed by atoms with Crippen LogP contribution in [0.25, 0.3) is 0 Å². The van der Waals surface area contributed by atoms with Gasteiger partial charge >= 0.3 is 0 Å². The molecule has 3 N–H and O–H groups in total. The van der Waals surface area contributed by atoms with Crippen LogP contribution in [-0.4, -0.2) is 12.5 Å². The summed E-state index contributed by atoms with van der Waals surface area (Å²) in [5, 5.41) is 3.20. The lowest BCUT2D eigenvalue weighted by molar-refractivity contribution is 0.592. The molecule has 0 fully saturated rings. The smallest absolute Gasteiger partial charge is 0.193 e. The van der Waals surface area contributed by atoms with Gasteiger partial charge in [-0.2, -0.15) is 0 Å². The maximum Gasteiger partial charge on any atom is 0.193 e. The molecule has 0 bridgehead atoms. The standard InChI is InChI=1S/C15H25N3/c1-11(2)10-17-14(16)18-13-9-7-6-8-12(13)15(3,4)5/h6-9,11H,10H2,1-5H3,(H3,16,17,18). The van der Waals surface area contributed by atoms with Crippen LogP contribution in [0.4, 0.5) is 5.69 Å². The second-order valence-electron chi connectivity index (χ2n) is 6.04. The van der Waals surface area contributed by atoms with Crippen LogP contribution in [-0.2, 0) is 5.41 Å². The summed E-state index contributed by atoms with van der Waals surface area (Å²) >= 11 is 0. The molecule has 100 valence electrons. The van der Waals surface area contributed by atoms with Crippen LogP contribution in [0.1, 0.15) is 40.2 Å². The highest BCUT2D eigenvalue weighted by Gasteiger charge is 2.17. The minimum Gasteiger partial charge on any atom is -0.370 e. The molecule has 0 unspecified atom stereocenters. The van der Waals surface area contributed by atoms with Crippen LogP contribution < -0.4 is 11.1 Å². The summed E-state index contributed by atoms with van der Waals surface area (Å²) < 4.78 is 0. The zero-order valence-electron chi connectivity index (χ0n) is 12.1. The summed E-state index contributed by atoms with van der Waals surface area (Å²) in [5.74, 6) is 1.00. The molecule has 0 spiro atoms. The Morgan fingerprint density at radius 2 is 1.89 bits per heavy atom. The van der Waals surface area contributed by atoms with E-state index < -0.39 is 0 Å². The highest BCUT2D eigenvalue weighted by Crippen LogP contribution is 2.28. The fourth-order valence-corrected chi connectivity index (χ4v) is 1.70. The maximum absolute atomic E-state index is 5.91. The fraction of sp³-hybridized carbons (Fsp3) is 0.533. The normalized spacial score (nSPS) is 12.9. The van der Waals surface area contributed by atoms with E-state index in [-0.39, 0.29) is 5.41 Å². The molecule has 0 saturated heterocycles. The van der Waals surface area contributed by atoms with Crippen LogP contribution in [0.15, 0.2) is 29.3 Å². The number of para-hydroxylation sites is 1. The Balaban J connectivity index is 2.88. The van der Waals surface area contributed by atoms with E-state index in [9.17, 15) is 0 Å². The summed E-state index contributed by atoms with van der Waals surface area (Å²) in [6.07, 6.45) is 0. The lowest BCUT2D eigenvalue weighted by Gasteiger charge is -2.23. The second-order valence-corrected chi connectivity index (χ2v) is 6.04. The first-order valence-electron chi connectivity index (χ1n) is 6.47. The van der Waals surface area contributed by atoms with Crippen LogP contribution in [0.3, 0.4) is 0 Å². The predicted octanol–water partition coefficient (Wildman–Crippen LogP) is 3.37. The van der Waals surface area contributed by atoms with Gasteiger partial charge in [-0.1, -0.05) is 52.8 Å². The topological polar surface area (TPSA) is 50.4 Å². The Hall–Kier alpha value is -1.51. The lowest BCUT2D eigenvalue weighted by atomic mass is 9.86. The highest BCUT2D eigenvalue weighted by atomic mass is 15.1. The molecule has 0 saturated carbocycles. The maximum atomic E-state index is 5.91. The first-order valence-corrected chi connectivity index (χ1v) is 6.47. The van der Waals surface area contributed by atoms with Crippen molar-refractivity contribution in [3.05, 3.63) is 29.8 Å². The fourth-order valence-electron chi connectivity index (χ4n) is 1.70. The third kappa shape index (κ3) is 4.40. The van der Waals surface area contributed by atoms with E-state index in [2.05, 4.69) is 51.0 Å². The number of hydrogen-bond donors (Lipinski definition) is 2. The Morgan fingerprint density at radius 3 is 2.44 bits per heavy atom. The summed E-state index contributed by atoms with van der Waals surface area (Å²) in [4.78, 5) is 4.33. The van der Waals surface area contributed by atoms with Crippen molar-refractivity contribution in [2.75, 3.05) is 11.9 Å². The van der Waals surface area contributed by atoms with Crippen molar-refractivity contribution in [3.8, 4) is 0 Å². The van der Waals surface area contributed by atoms with E-state index in [1.807, 2.05) is 18.2 Å². The first kappa shape index (κ1) is 14.6. The number of anilines is 1. The van der Waals surface area contributed by atoms with Gasteiger partial charge in [-0.3, -0.25) is 4.99 Å². The molecule has 1 aromatic carbocycles. The average molecular weight is 247 g/mol. The molecule has 1 rings (SSSR count). The second kappa shape index (κ2) is 5.89. The zero-order chi connectivity index (χ0) is 13.8. The summed E-state index contributed by atoms with van der Waals surface area (Å²) in [5.41, 5.74) is 8.27.